The molecule has 1 aromatic heterocycles. The Bertz CT molecular complexity index is 927. The SMILES string of the molecule is CC(=O)Nc1sc(C)c(C)c1C(=O)OCC(=O)N[C@H](C)c1ccc(F)cc1F. The minimum Gasteiger partial charge on any atom is -0.452 e. The predicted octanol–water partition coefficient (Wildman–Crippen LogP) is 3.64. The standard InChI is InChI=1S/C19H20F2N2O4S/c1-9-11(3)28-18(23-12(4)24)17(9)19(26)27-8-16(25)22-10(2)14-6-5-13(20)7-15(14)21/h5-7,10H,8H2,1-4H3,(H,22,25)(H,23,24)/t10-/m1/s1. The zero-order valence-electron chi connectivity index (χ0n) is 15.8. The monoisotopic (exact) mass is 410 g/mol. The number of nitrogens with one attached hydrogen (secondary N) is 2. The molecule has 1 aromatic carbocycles. The number of thiophene rings is 1. The van der Waals surface area contributed by atoms with Gasteiger partial charge < -0.3 is 15.4 Å². The average molecular weight is 410 g/mol. The van der Waals surface area contributed by atoms with Gasteiger partial charge >= 0.3 is 5.97 Å². The Morgan fingerprint density at radius 2 is 1.89 bits per heavy atom. The second-order valence-corrected chi connectivity index (χ2v) is 7.42. The van der Waals surface area contributed by atoms with Crippen molar-refractivity contribution in [2.24, 2.45) is 0 Å². The van der Waals surface area contributed by atoms with Gasteiger partial charge in [-0.1, -0.05) is 6.07 Å². The van der Waals surface area contributed by atoms with Gasteiger partial charge in [-0.05, 0) is 32.4 Å². The van der Waals surface area contributed by atoms with Gasteiger partial charge in [0.25, 0.3) is 5.91 Å². The Labute approximate surface area is 164 Å². The molecule has 0 aliphatic rings. The van der Waals surface area contributed by atoms with E-state index in [1.807, 2.05) is 0 Å². The van der Waals surface area contributed by atoms with E-state index < -0.39 is 36.2 Å². The smallest absolute Gasteiger partial charge is 0.341 e. The number of benzene rings is 1. The fourth-order valence-electron chi connectivity index (χ4n) is 2.54. The molecule has 0 unspecified atom stereocenters. The van der Waals surface area contributed by atoms with Crippen molar-refractivity contribution in [2.75, 3.05) is 11.9 Å². The minimum absolute atomic E-state index is 0.110. The number of anilines is 1. The molecule has 6 nitrogen and oxygen atoms in total. The number of ether oxygens (including phenoxy) is 1. The van der Waals surface area contributed by atoms with Crippen molar-refractivity contribution in [1.29, 1.82) is 0 Å². The topological polar surface area (TPSA) is 84.5 Å². The molecule has 0 aliphatic carbocycles. The fraction of sp³-hybridized carbons (Fsp3) is 0.316. The molecule has 0 bridgehead atoms. The number of aryl methyl sites for hydroxylation is 1. The summed E-state index contributed by atoms with van der Waals surface area (Å²) in [5.74, 6) is -3.22. The summed E-state index contributed by atoms with van der Waals surface area (Å²) in [5.41, 5.74) is 0.961. The molecule has 0 radical (unpaired) electrons. The van der Waals surface area contributed by atoms with E-state index in [1.54, 1.807) is 13.8 Å². The third-order valence-electron chi connectivity index (χ3n) is 4.02. The van der Waals surface area contributed by atoms with E-state index in [2.05, 4.69) is 10.6 Å². The molecule has 0 saturated carbocycles. The van der Waals surface area contributed by atoms with Crippen LogP contribution in [0.2, 0.25) is 0 Å². The highest BCUT2D eigenvalue weighted by atomic mass is 32.1. The van der Waals surface area contributed by atoms with Gasteiger partial charge in [-0.15, -0.1) is 11.3 Å². The highest BCUT2D eigenvalue weighted by molar-refractivity contribution is 7.16. The summed E-state index contributed by atoms with van der Waals surface area (Å²) in [6.45, 7) is 5.78. The second kappa shape index (κ2) is 8.92. The Hall–Kier alpha value is -2.81. The van der Waals surface area contributed by atoms with E-state index in [0.29, 0.717) is 10.6 Å². The Balaban J connectivity index is 2.01. The van der Waals surface area contributed by atoms with Gasteiger partial charge in [0.1, 0.15) is 16.6 Å². The number of carbonyl (C=O) groups is 3. The number of esters is 1. The number of carbonyl (C=O) groups excluding carboxylic acids is 3. The number of hydrogen-bond donors (Lipinski definition) is 2. The maximum absolute atomic E-state index is 13.8. The molecular weight excluding hydrogens is 390 g/mol. The summed E-state index contributed by atoms with van der Waals surface area (Å²) in [6, 6.07) is 2.31. The first-order chi connectivity index (χ1) is 13.1. The predicted molar refractivity (Wildman–Crippen MR) is 101 cm³/mol. The van der Waals surface area contributed by atoms with Gasteiger partial charge in [0.05, 0.1) is 11.6 Å². The van der Waals surface area contributed by atoms with Crippen molar-refractivity contribution in [3.05, 3.63) is 51.4 Å². The maximum atomic E-state index is 13.8. The molecule has 2 aromatic rings. The molecule has 1 heterocycles. The van der Waals surface area contributed by atoms with E-state index in [-0.39, 0.29) is 17.0 Å². The molecule has 0 saturated heterocycles. The third kappa shape index (κ3) is 5.13. The molecule has 150 valence electrons. The Morgan fingerprint density at radius 1 is 1.21 bits per heavy atom. The number of halogens is 2. The zero-order valence-corrected chi connectivity index (χ0v) is 16.6. The van der Waals surface area contributed by atoms with Gasteiger partial charge in [-0.3, -0.25) is 9.59 Å². The first kappa shape index (κ1) is 21.5. The highest BCUT2D eigenvalue weighted by Gasteiger charge is 2.23. The van der Waals surface area contributed by atoms with Crippen molar-refractivity contribution in [3.63, 3.8) is 0 Å². The van der Waals surface area contributed by atoms with Crippen molar-refractivity contribution < 1.29 is 27.9 Å². The summed E-state index contributed by atoms with van der Waals surface area (Å²) in [7, 11) is 0. The summed E-state index contributed by atoms with van der Waals surface area (Å²) in [6.07, 6.45) is 0. The molecule has 1 atom stereocenters. The molecule has 28 heavy (non-hydrogen) atoms. The van der Waals surface area contributed by atoms with Crippen LogP contribution in [-0.4, -0.2) is 24.4 Å². The van der Waals surface area contributed by atoms with Gasteiger partial charge in [0, 0.05) is 23.4 Å². The summed E-state index contributed by atoms with van der Waals surface area (Å²) in [4.78, 5) is 36.6. The summed E-state index contributed by atoms with van der Waals surface area (Å²) >= 11 is 1.24. The molecule has 0 aliphatic heterocycles. The van der Waals surface area contributed by atoms with E-state index >= 15 is 0 Å². The van der Waals surface area contributed by atoms with Crippen LogP contribution in [0.3, 0.4) is 0 Å². The van der Waals surface area contributed by atoms with Crippen LogP contribution < -0.4 is 10.6 Å². The lowest BCUT2D eigenvalue weighted by Gasteiger charge is -2.15. The first-order valence-electron chi connectivity index (χ1n) is 8.39. The molecule has 0 spiro atoms. The van der Waals surface area contributed by atoms with E-state index in [0.717, 1.165) is 17.0 Å². The van der Waals surface area contributed by atoms with Gasteiger partial charge in [0.15, 0.2) is 6.61 Å². The van der Waals surface area contributed by atoms with E-state index in [4.69, 9.17) is 4.74 Å². The summed E-state index contributed by atoms with van der Waals surface area (Å²) < 4.78 is 31.8. The van der Waals surface area contributed by atoms with E-state index in [9.17, 15) is 23.2 Å². The van der Waals surface area contributed by atoms with Crippen LogP contribution in [0.5, 0.6) is 0 Å². The molecular formula is C19H20F2N2O4S. The quantitative estimate of drug-likeness (QED) is 0.712. The van der Waals surface area contributed by atoms with Crippen LogP contribution in [0.15, 0.2) is 18.2 Å². The maximum Gasteiger partial charge on any atom is 0.341 e. The van der Waals surface area contributed by atoms with Crippen LogP contribution >= 0.6 is 11.3 Å². The number of amides is 2. The fourth-order valence-corrected chi connectivity index (χ4v) is 3.63. The number of rotatable bonds is 6. The largest absolute Gasteiger partial charge is 0.452 e. The van der Waals surface area contributed by atoms with Crippen LogP contribution in [0.1, 0.15) is 46.3 Å². The van der Waals surface area contributed by atoms with Crippen LogP contribution in [0, 0.1) is 25.5 Å². The number of hydrogen-bond acceptors (Lipinski definition) is 5. The lowest BCUT2D eigenvalue weighted by atomic mass is 10.1. The van der Waals surface area contributed by atoms with Crippen molar-refractivity contribution in [2.45, 2.75) is 33.7 Å². The minimum atomic E-state index is -0.783. The van der Waals surface area contributed by atoms with Crippen molar-refractivity contribution >= 4 is 34.1 Å². The zero-order chi connectivity index (χ0) is 21.0. The Morgan fingerprint density at radius 3 is 2.50 bits per heavy atom. The second-order valence-electron chi connectivity index (χ2n) is 6.20. The molecule has 2 N–H and O–H groups in total. The van der Waals surface area contributed by atoms with Crippen LogP contribution in [0.25, 0.3) is 0 Å². The molecule has 2 amide bonds. The average Bonchev–Trinajstić information content (AvgIpc) is 2.85. The van der Waals surface area contributed by atoms with Gasteiger partial charge in [0.2, 0.25) is 5.91 Å². The van der Waals surface area contributed by atoms with Crippen LogP contribution in [-0.2, 0) is 14.3 Å². The van der Waals surface area contributed by atoms with Gasteiger partial charge in [-0.25, -0.2) is 13.6 Å². The highest BCUT2D eigenvalue weighted by Crippen LogP contribution is 2.33. The normalized spacial score (nSPS) is 11.6. The van der Waals surface area contributed by atoms with Gasteiger partial charge in [-0.2, -0.15) is 0 Å². The van der Waals surface area contributed by atoms with Crippen molar-refractivity contribution in [3.8, 4) is 0 Å². The molecule has 0 fully saturated rings. The molecule has 9 heteroatoms. The molecule has 2 rings (SSSR count). The Kier molecular flexibility index (Phi) is 6.85. The lowest BCUT2D eigenvalue weighted by molar-refractivity contribution is -0.124. The van der Waals surface area contributed by atoms with E-state index in [1.165, 1.54) is 31.3 Å². The summed E-state index contributed by atoms with van der Waals surface area (Å²) in [5, 5.41) is 5.41. The van der Waals surface area contributed by atoms with Crippen molar-refractivity contribution in [1.82, 2.24) is 5.32 Å². The first-order valence-corrected chi connectivity index (χ1v) is 9.20. The third-order valence-corrected chi connectivity index (χ3v) is 5.14. The lowest BCUT2D eigenvalue weighted by Crippen LogP contribution is -2.31. The van der Waals surface area contributed by atoms with Crippen LogP contribution in [0.4, 0.5) is 13.8 Å².